The Kier molecular flexibility index (Phi) is 9.62. The van der Waals surface area contributed by atoms with E-state index in [-0.39, 0.29) is 30.4 Å². The van der Waals surface area contributed by atoms with E-state index in [9.17, 15) is 19.5 Å². The summed E-state index contributed by atoms with van der Waals surface area (Å²) in [6.07, 6.45) is 7.12. The average Bonchev–Trinajstić information content (AvgIpc) is 3.58. The monoisotopic (exact) mass is 537 g/mol. The highest BCUT2D eigenvalue weighted by Crippen LogP contribution is 2.59. The Balaban J connectivity index is 1.68. The van der Waals surface area contributed by atoms with Gasteiger partial charge in [0.15, 0.2) is 0 Å². The predicted molar refractivity (Wildman–Crippen MR) is 149 cm³/mol. The van der Waals surface area contributed by atoms with Crippen LogP contribution >= 0.6 is 0 Å². The van der Waals surface area contributed by atoms with Crippen LogP contribution in [0, 0.1) is 11.8 Å². The van der Waals surface area contributed by atoms with Gasteiger partial charge in [-0.15, -0.1) is 13.2 Å². The van der Waals surface area contributed by atoms with Gasteiger partial charge in [-0.25, -0.2) is 0 Å². The molecule has 8 nitrogen and oxygen atoms in total. The number of carbonyl (C=O) groups is 3. The number of hydrogen-bond acceptors (Lipinski definition) is 5. The van der Waals surface area contributed by atoms with Crippen molar-refractivity contribution < 1.29 is 24.2 Å². The van der Waals surface area contributed by atoms with Crippen LogP contribution in [0.25, 0.3) is 0 Å². The molecule has 8 heteroatoms. The molecular formula is C31H43N3O5. The minimum atomic E-state index is -1.02. The molecule has 5 atom stereocenters. The number of unbranched alkanes of at least 4 members (excludes halogenated alkanes) is 2. The van der Waals surface area contributed by atoms with Crippen molar-refractivity contribution in [3.05, 3.63) is 61.2 Å². The minimum absolute atomic E-state index is 0.0813. The van der Waals surface area contributed by atoms with E-state index < -0.39 is 23.5 Å². The van der Waals surface area contributed by atoms with Gasteiger partial charge in [0.05, 0.1) is 17.9 Å². The molecule has 3 aliphatic rings. The number of carbonyl (C=O) groups excluding carboxylic acids is 3. The fourth-order valence-corrected chi connectivity index (χ4v) is 6.82. The quantitative estimate of drug-likeness (QED) is 0.274. The number of benzene rings is 1. The van der Waals surface area contributed by atoms with Gasteiger partial charge in [-0.05, 0) is 44.1 Å². The van der Waals surface area contributed by atoms with Crippen molar-refractivity contribution in [1.29, 1.82) is 0 Å². The highest BCUT2D eigenvalue weighted by molar-refractivity contribution is 5.99. The first-order chi connectivity index (χ1) is 18.9. The largest absolute Gasteiger partial charge is 0.396 e. The highest BCUT2D eigenvalue weighted by Gasteiger charge is 2.74. The lowest BCUT2D eigenvalue weighted by molar-refractivity contribution is -0.149. The zero-order valence-electron chi connectivity index (χ0n) is 23.2. The Morgan fingerprint density at radius 3 is 2.49 bits per heavy atom. The second kappa shape index (κ2) is 12.9. The summed E-state index contributed by atoms with van der Waals surface area (Å²) < 4.78 is 6.62. The molecule has 3 fully saturated rings. The summed E-state index contributed by atoms with van der Waals surface area (Å²) in [5.74, 6) is -1.69. The smallest absolute Gasteiger partial charge is 0.248 e. The second-order valence-electron chi connectivity index (χ2n) is 10.9. The minimum Gasteiger partial charge on any atom is -0.396 e. The van der Waals surface area contributed by atoms with Crippen molar-refractivity contribution in [2.45, 2.75) is 69.7 Å². The summed E-state index contributed by atoms with van der Waals surface area (Å²) in [4.78, 5) is 47.6. The van der Waals surface area contributed by atoms with E-state index in [1.54, 1.807) is 26.9 Å². The number of fused-ring (bicyclic) bond motifs is 1. The van der Waals surface area contributed by atoms with E-state index >= 15 is 0 Å². The van der Waals surface area contributed by atoms with Gasteiger partial charge in [-0.2, -0.15) is 0 Å². The Bertz CT molecular complexity index is 1050. The van der Waals surface area contributed by atoms with E-state index in [2.05, 4.69) is 13.2 Å². The van der Waals surface area contributed by atoms with E-state index in [1.165, 1.54) is 0 Å². The summed E-state index contributed by atoms with van der Waals surface area (Å²) in [6.45, 7) is 11.9. The third-order valence-electron chi connectivity index (χ3n) is 8.41. The molecule has 1 spiro atoms. The molecule has 1 N–H and O–H groups in total. The maximum absolute atomic E-state index is 14.4. The maximum Gasteiger partial charge on any atom is 0.248 e. The first-order valence-electron chi connectivity index (χ1n) is 14.4. The maximum atomic E-state index is 14.4. The van der Waals surface area contributed by atoms with Crippen LogP contribution in [0.1, 0.15) is 51.0 Å². The average molecular weight is 538 g/mol. The zero-order chi connectivity index (χ0) is 28.0. The topological polar surface area (TPSA) is 90.4 Å². The number of hydrogen-bond donors (Lipinski definition) is 1. The van der Waals surface area contributed by atoms with Crippen LogP contribution in [0.3, 0.4) is 0 Å². The fraction of sp³-hybridized carbons (Fsp3) is 0.581. The van der Waals surface area contributed by atoms with Gasteiger partial charge in [-0.3, -0.25) is 14.4 Å². The Hall–Kier alpha value is -2.97. The predicted octanol–water partition coefficient (Wildman–Crippen LogP) is 3.16. The van der Waals surface area contributed by atoms with Crippen LogP contribution in [0.4, 0.5) is 0 Å². The summed E-state index contributed by atoms with van der Waals surface area (Å²) in [7, 11) is 0. The molecule has 0 aliphatic carbocycles. The molecular weight excluding hydrogens is 494 g/mol. The van der Waals surface area contributed by atoms with Crippen LogP contribution in [-0.2, 0) is 25.7 Å². The fourth-order valence-electron chi connectivity index (χ4n) is 6.82. The van der Waals surface area contributed by atoms with Crippen LogP contribution in [0.2, 0.25) is 0 Å². The van der Waals surface area contributed by atoms with Gasteiger partial charge < -0.3 is 24.5 Å². The summed E-state index contributed by atoms with van der Waals surface area (Å²) in [6, 6.07) is 8.98. The normalized spacial score (nSPS) is 26.9. The third-order valence-corrected chi connectivity index (χ3v) is 8.41. The van der Waals surface area contributed by atoms with E-state index in [0.717, 1.165) is 18.4 Å². The Labute approximate surface area is 232 Å². The van der Waals surface area contributed by atoms with Gasteiger partial charge in [0.1, 0.15) is 11.6 Å². The van der Waals surface area contributed by atoms with Gasteiger partial charge in [0, 0.05) is 39.3 Å². The van der Waals surface area contributed by atoms with Crippen molar-refractivity contribution in [1.82, 2.24) is 14.7 Å². The van der Waals surface area contributed by atoms with Crippen molar-refractivity contribution in [3.8, 4) is 0 Å². The van der Waals surface area contributed by atoms with Crippen molar-refractivity contribution >= 4 is 17.7 Å². The Morgan fingerprint density at radius 1 is 1.10 bits per heavy atom. The molecule has 3 saturated heterocycles. The summed E-state index contributed by atoms with van der Waals surface area (Å²) in [5.41, 5.74) is -0.0249. The molecule has 3 aliphatic heterocycles. The van der Waals surface area contributed by atoms with Crippen molar-refractivity contribution in [3.63, 3.8) is 0 Å². The third kappa shape index (κ3) is 5.54. The zero-order valence-corrected chi connectivity index (χ0v) is 23.2. The van der Waals surface area contributed by atoms with Crippen LogP contribution in [-0.4, -0.2) is 88.1 Å². The van der Waals surface area contributed by atoms with Crippen molar-refractivity contribution in [2.75, 3.05) is 32.8 Å². The van der Waals surface area contributed by atoms with Crippen LogP contribution < -0.4 is 0 Å². The van der Waals surface area contributed by atoms with Gasteiger partial charge in [0.2, 0.25) is 17.7 Å². The number of aliphatic hydroxyl groups is 1. The van der Waals surface area contributed by atoms with Crippen LogP contribution in [0.5, 0.6) is 0 Å². The molecule has 0 aromatic heterocycles. The lowest BCUT2D eigenvalue weighted by Gasteiger charge is -2.37. The molecule has 3 heterocycles. The molecule has 4 rings (SSSR count). The summed E-state index contributed by atoms with van der Waals surface area (Å²) >= 11 is 0. The Morgan fingerprint density at radius 2 is 1.82 bits per heavy atom. The van der Waals surface area contributed by atoms with E-state index in [4.69, 9.17) is 4.74 Å². The standard InChI is InChI=1S/C31H43N3O5/c1-4-17-32(18-5-2)28(36)25-24-15-16-31(39-24)26(25)29(37)34(20-11-8-12-21-35)27(31)30(38)33(19-6-3)22-23-13-9-7-10-14-23/h4,6-7,9-10,13-14,24-27,35H,1,3,5,8,11-12,15-22H2,2H3/t24-,25+,26-,27?,31?/m0/s1. The molecule has 1 aromatic rings. The first kappa shape index (κ1) is 29.0. The lowest BCUT2D eigenvalue weighted by Crippen LogP contribution is -2.56. The number of ether oxygens (including phenoxy) is 1. The molecule has 2 unspecified atom stereocenters. The lowest BCUT2D eigenvalue weighted by atomic mass is 9.70. The molecule has 3 amide bonds. The number of amides is 3. The van der Waals surface area contributed by atoms with E-state index in [1.807, 2.05) is 37.3 Å². The number of aliphatic hydroxyl groups excluding tert-OH is 1. The molecule has 1 aromatic carbocycles. The first-order valence-corrected chi connectivity index (χ1v) is 14.4. The van der Waals surface area contributed by atoms with Gasteiger partial charge >= 0.3 is 0 Å². The SMILES string of the molecule is C=CCN(Cc1ccccc1)C(=O)C1N(CCCCCO)C(=O)[C@@H]2[C@H](C(=O)N(CC=C)CCC)[C@@H]3CCC12O3. The number of likely N-dealkylation sites (tertiary alicyclic amines) is 1. The van der Waals surface area contributed by atoms with Gasteiger partial charge in [-0.1, -0.05) is 49.4 Å². The molecule has 39 heavy (non-hydrogen) atoms. The van der Waals surface area contributed by atoms with Gasteiger partial charge in [0.25, 0.3) is 0 Å². The number of rotatable bonds is 15. The molecule has 2 bridgehead atoms. The molecule has 0 saturated carbocycles. The second-order valence-corrected chi connectivity index (χ2v) is 10.9. The van der Waals surface area contributed by atoms with Crippen LogP contribution in [0.15, 0.2) is 55.6 Å². The number of nitrogens with zero attached hydrogens (tertiary/aromatic N) is 3. The summed E-state index contributed by atoms with van der Waals surface area (Å²) in [5, 5.41) is 9.25. The highest BCUT2D eigenvalue weighted by atomic mass is 16.5. The molecule has 212 valence electrons. The van der Waals surface area contributed by atoms with E-state index in [0.29, 0.717) is 58.4 Å². The molecule has 0 radical (unpaired) electrons. The van der Waals surface area contributed by atoms with Crippen molar-refractivity contribution in [2.24, 2.45) is 11.8 Å².